The number of furan rings is 1. The zero-order valence-electron chi connectivity index (χ0n) is 35.8. The number of hydrogen-bond acceptors (Lipinski definition) is 2. The first-order valence-corrected chi connectivity index (χ1v) is 22.4. The van der Waals surface area contributed by atoms with Gasteiger partial charge in [0.2, 0.25) is 0 Å². The molecule has 0 atom stereocenters. The molecule has 0 aliphatic heterocycles. The fraction of sp³-hybridized carbons (Fsp3) is 0.0323. The van der Waals surface area contributed by atoms with Gasteiger partial charge in [0.25, 0.3) is 0 Å². The summed E-state index contributed by atoms with van der Waals surface area (Å²) < 4.78 is 9.19. The third-order valence-electron chi connectivity index (χ3n) is 13.9. The van der Waals surface area contributed by atoms with E-state index in [4.69, 9.17) is 4.42 Å². The highest BCUT2D eigenvalue weighted by Crippen LogP contribution is 2.56. The molecule has 12 aromatic rings. The van der Waals surface area contributed by atoms with Crippen molar-refractivity contribution in [3.8, 4) is 39.1 Å². The van der Waals surface area contributed by atoms with Gasteiger partial charge in [-0.1, -0.05) is 176 Å². The van der Waals surface area contributed by atoms with Crippen molar-refractivity contribution < 1.29 is 4.42 Å². The molecule has 0 spiro atoms. The molecule has 306 valence electrons. The van der Waals surface area contributed by atoms with E-state index in [2.05, 4.69) is 247 Å². The maximum absolute atomic E-state index is 6.80. The summed E-state index contributed by atoms with van der Waals surface area (Å²) in [5.74, 6) is 0. The molecule has 3 nitrogen and oxygen atoms in total. The van der Waals surface area contributed by atoms with E-state index < -0.39 is 5.41 Å². The van der Waals surface area contributed by atoms with Gasteiger partial charge in [0.05, 0.1) is 22.4 Å². The van der Waals surface area contributed by atoms with Crippen molar-refractivity contribution in [3.05, 3.63) is 253 Å². The van der Waals surface area contributed by atoms with Crippen LogP contribution in [0, 0.1) is 0 Å². The van der Waals surface area contributed by atoms with Crippen molar-refractivity contribution in [2.24, 2.45) is 0 Å². The topological polar surface area (TPSA) is 21.3 Å². The molecule has 1 aliphatic rings. The summed E-state index contributed by atoms with van der Waals surface area (Å²) in [5, 5.41) is 4.67. The van der Waals surface area contributed by atoms with Crippen LogP contribution in [0.4, 0.5) is 17.1 Å². The fourth-order valence-electron chi connectivity index (χ4n) is 10.8. The Morgan fingerprint density at radius 1 is 0.385 bits per heavy atom. The van der Waals surface area contributed by atoms with E-state index in [0.717, 1.165) is 50.3 Å². The normalized spacial score (nSPS) is 12.8. The van der Waals surface area contributed by atoms with Gasteiger partial charge in [-0.25, -0.2) is 0 Å². The van der Waals surface area contributed by atoms with Crippen LogP contribution in [0.15, 0.2) is 241 Å². The Kier molecular flexibility index (Phi) is 8.34. The Bertz CT molecular complexity index is 3740. The van der Waals surface area contributed by atoms with Crippen molar-refractivity contribution in [3.63, 3.8) is 0 Å². The summed E-state index contributed by atoms with van der Waals surface area (Å²) >= 11 is 0. The fourth-order valence-corrected chi connectivity index (χ4v) is 10.8. The summed E-state index contributed by atoms with van der Waals surface area (Å²) in [4.78, 5) is 2.42. The number of hydrogen-bond donors (Lipinski definition) is 0. The van der Waals surface area contributed by atoms with E-state index in [9.17, 15) is 0 Å². The maximum Gasteiger partial charge on any atom is 0.159 e. The molecule has 0 saturated heterocycles. The van der Waals surface area contributed by atoms with E-state index in [1.807, 2.05) is 6.07 Å². The van der Waals surface area contributed by atoms with Crippen molar-refractivity contribution in [1.82, 2.24) is 4.57 Å². The van der Waals surface area contributed by atoms with Crippen LogP contribution in [0.5, 0.6) is 0 Å². The minimum absolute atomic E-state index is 0.414. The average molecular weight is 831 g/mol. The number of fused-ring (bicyclic) bond motifs is 9. The molecule has 0 N–H and O–H groups in total. The zero-order chi connectivity index (χ0) is 43.1. The lowest BCUT2D eigenvalue weighted by molar-refractivity contribution is 0.668. The second kappa shape index (κ2) is 14.6. The summed E-state index contributed by atoms with van der Waals surface area (Å²) in [6.07, 6.45) is 0. The third-order valence-corrected chi connectivity index (χ3v) is 13.9. The standard InChI is InChI=1S/C62H42N2O/c1-62(53-23-9-5-18-47(53)48-19-6-10-24-54(48)62)55-25-11-13-27-58(55)64(59-28-15-22-51-50-21-8-14-29-60(50)65-61(51)59)46-37-32-43(33-38-46)44-34-39-57-52(40-44)49-20-7-12-26-56(49)63(57)45-35-30-42(31-36-45)41-16-3-2-4-17-41/h2-40H,1H3. The van der Waals surface area contributed by atoms with Gasteiger partial charge >= 0.3 is 0 Å². The van der Waals surface area contributed by atoms with E-state index in [1.165, 1.54) is 66.3 Å². The monoisotopic (exact) mass is 830 g/mol. The van der Waals surface area contributed by atoms with Gasteiger partial charge in [0.1, 0.15) is 5.58 Å². The number of aromatic nitrogens is 1. The SMILES string of the molecule is CC1(c2ccccc2N(c2ccc(-c3ccc4c(c3)c3ccccc3n4-c3ccc(-c4ccccc4)cc3)cc2)c2cccc3c2oc2ccccc23)c2ccccc2-c2ccccc21. The van der Waals surface area contributed by atoms with Crippen LogP contribution in [0.3, 0.4) is 0 Å². The molecule has 2 heterocycles. The van der Waals surface area contributed by atoms with Crippen LogP contribution < -0.4 is 4.90 Å². The Balaban J connectivity index is 0.957. The van der Waals surface area contributed by atoms with E-state index in [1.54, 1.807) is 0 Å². The molecule has 65 heavy (non-hydrogen) atoms. The van der Waals surface area contributed by atoms with Crippen LogP contribution in [0.2, 0.25) is 0 Å². The molecule has 0 fully saturated rings. The number of nitrogens with zero attached hydrogens (tertiary/aromatic N) is 2. The largest absolute Gasteiger partial charge is 0.454 e. The lowest BCUT2D eigenvalue weighted by atomic mass is 9.73. The third kappa shape index (κ3) is 5.69. The number of benzene rings is 10. The number of para-hydroxylation sites is 4. The van der Waals surface area contributed by atoms with Gasteiger partial charge in [0, 0.05) is 38.3 Å². The highest BCUT2D eigenvalue weighted by atomic mass is 16.3. The predicted octanol–water partition coefficient (Wildman–Crippen LogP) is 16.8. The molecule has 0 saturated carbocycles. The molecule has 2 aromatic heterocycles. The minimum atomic E-state index is -0.414. The van der Waals surface area contributed by atoms with Gasteiger partial charge < -0.3 is 13.9 Å². The quantitative estimate of drug-likeness (QED) is 0.160. The van der Waals surface area contributed by atoms with E-state index in [0.29, 0.717) is 0 Å². The lowest BCUT2D eigenvalue weighted by Gasteiger charge is -2.35. The van der Waals surface area contributed by atoms with Crippen LogP contribution in [0.25, 0.3) is 82.8 Å². The number of anilines is 3. The molecular formula is C62H42N2O. The Morgan fingerprint density at radius 3 is 1.69 bits per heavy atom. The summed E-state index contributed by atoms with van der Waals surface area (Å²) in [7, 11) is 0. The minimum Gasteiger partial charge on any atom is -0.454 e. The molecule has 1 aliphatic carbocycles. The molecule has 13 rings (SSSR count). The Morgan fingerprint density at radius 2 is 0.923 bits per heavy atom. The highest BCUT2D eigenvalue weighted by molar-refractivity contribution is 6.12. The second-order valence-electron chi connectivity index (χ2n) is 17.4. The molecule has 0 radical (unpaired) electrons. The maximum atomic E-state index is 6.80. The molecule has 0 bridgehead atoms. The van der Waals surface area contributed by atoms with Gasteiger partial charge in [-0.05, 0) is 118 Å². The lowest BCUT2D eigenvalue weighted by Crippen LogP contribution is -2.25. The Labute approximate surface area is 377 Å². The number of rotatable bonds is 7. The van der Waals surface area contributed by atoms with Crippen molar-refractivity contribution in [1.29, 1.82) is 0 Å². The summed E-state index contributed by atoms with van der Waals surface area (Å²) in [6, 6.07) is 85.9. The molecule has 0 amide bonds. The Hall–Kier alpha value is -8.40. The van der Waals surface area contributed by atoms with Crippen LogP contribution in [-0.2, 0) is 5.41 Å². The molecule has 10 aromatic carbocycles. The highest BCUT2D eigenvalue weighted by Gasteiger charge is 2.42. The van der Waals surface area contributed by atoms with Crippen molar-refractivity contribution in [2.75, 3.05) is 4.90 Å². The van der Waals surface area contributed by atoms with Gasteiger partial charge in [-0.3, -0.25) is 0 Å². The summed E-state index contributed by atoms with van der Waals surface area (Å²) in [6.45, 7) is 2.40. The van der Waals surface area contributed by atoms with Crippen molar-refractivity contribution >= 4 is 60.8 Å². The van der Waals surface area contributed by atoms with Crippen LogP contribution >= 0.6 is 0 Å². The molecule has 3 heteroatoms. The van der Waals surface area contributed by atoms with Gasteiger partial charge in [-0.2, -0.15) is 0 Å². The predicted molar refractivity (Wildman–Crippen MR) is 271 cm³/mol. The first kappa shape index (κ1) is 37.2. The molecule has 0 unspecified atom stereocenters. The second-order valence-corrected chi connectivity index (χ2v) is 17.4. The molecular weight excluding hydrogens is 789 g/mol. The smallest absolute Gasteiger partial charge is 0.159 e. The van der Waals surface area contributed by atoms with Crippen molar-refractivity contribution in [2.45, 2.75) is 12.3 Å². The zero-order valence-corrected chi connectivity index (χ0v) is 35.8. The average Bonchev–Trinajstić information content (AvgIpc) is 4.01. The first-order valence-electron chi connectivity index (χ1n) is 22.4. The van der Waals surface area contributed by atoms with Crippen LogP contribution in [0.1, 0.15) is 23.6 Å². The summed E-state index contributed by atoms with van der Waals surface area (Å²) in [5.41, 5.74) is 19.2. The van der Waals surface area contributed by atoms with Gasteiger partial charge in [-0.15, -0.1) is 0 Å². The van der Waals surface area contributed by atoms with Gasteiger partial charge in [0.15, 0.2) is 5.58 Å². The van der Waals surface area contributed by atoms with Crippen LogP contribution in [-0.4, -0.2) is 4.57 Å². The first-order chi connectivity index (χ1) is 32.1. The van der Waals surface area contributed by atoms with E-state index in [-0.39, 0.29) is 0 Å². The van der Waals surface area contributed by atoms with E-state index >= 15 is 0 Å².